The van der Waals surface area contributed by atoms with Gasteiger partial charge in [-0.05, 0) is 18.8 Å². The van der Waals surface area contributed by atoms with Crippen molar-refractivity contribution in [2.45, 2.75) is 38.8 Å². The van der Waals surface area contributed by atoms with E-state index in [4.69, 9.17) is 4.52 Å². The molecular weight excluding hydrogens is 248 g/mol. The summed E-state index contributed by atoms with van der Waals surface area (Å²) in [6.07, 6.45) is 2.34. The van der Waals surface area contributed by atoms with Gasteiger partial charge >= 0.3 is 0 Å². The zero-order valence-corrected chi connectivity index (χ0v) is 10.8. The van der Waals surface area contributed by atoms with E-state index in [-0.39, 0.29) is 17.9 Å². The highest BCUT2D eigenvalue weighted by Crippen LogP contribution is 2.34. The van der Waals surface area contributed by atoms with Crippen LogP contribution in [0.25, 0.3) is 0 Å². The number of nitrogens with one attached hydrogen (secondary N) is 1. The molecule has 2 aliphatic rings. The maximum atomic E-state index is 12.4. The number of carbonyl (C=O) groups excluding carboxylic acids is 2. The fourth-order valence-electron chi connectivity index (χ4n) is 2.33. The lowest BCUT2D eigenvalue weighted by atomic mass is 10.1. The van der Waals surface area contributed by atoms with Gasteiger partial charge in [-0.2, -0.15) is 4.98 Å². The molecule has 1 saturated heterocycles. The van der Waals surface area contributed by atoms with Crippen LogP contribution in [0.1, 0.15) is 31.0 Å². The summed E-state index contributed by atoms with van der Waals surface area (Å²) in [4.78, 5) is 29.8. The lowest BCUT2D eigenvalue weighted by Crippen LogP contribution is -2.45. The summed E-state index contributed by atoms with van der Waals surface area (Å²) in [7, 11) is 0. The van der Waals surface area contributed by atoms with E-state index in [1.807, 2.05) is 0 Å². The van der Waals surface area contributed by atoms with Gasteiger partial charge in [0, 0.05) is 19.9 Å². The van der Waals surface area contributed by atoms with E-state index in [1.54, 1.807) is 11.8 Å². The van der Waals surface area contributed by atoms with Crippen LogP contribution in [0.2, 0.25) is 0 Å². The quantitative estimate of drug-likeness (QED) is 0.830. The highest BCUT2D eigenvalue weighted by Gasteiger charge is 2.41. The molecule has 1 aromatic heterocycles. The van der Waals surface area contributed by atoms with Crippen LogP contribution < -0.4 is 5.32 Å². The molecule has 0 radical (unpaired) electrons. The Hall–Kier alpha value is -1.92. The van der Waals surface area contributed by atoms with Crippen LogP contribution in [-0.4, -0.2) is 39.4 Å². The minimum atomic E-state index is -0.372. The first-order chi connectivity index (χ1) is 9.13. The van der Waals surface area contributed by atoms with Gasteiger partial charge in [0.15, 0.2) is 5.82 Å². The smallest absolute Gasteiger partial charge is 0.245 e. The normalized spacial score (nSPS) is 24.3. The predicted molar refractivity (Wildman–Crippen MR) is 63.7 cm³/mol. The third kappa shape index (κ3) is 2.59. The van der Waals surface area contributed by atoms with Gasteiger partial charge in [0.05, 0.1) is 6.54 Å². The second-order valence-corrected chi connectivity index (χ2v) is 5.12. The predicted octanol–water partition coefficient (Wildman–Crippen LogP) is 0.00512. The summed E-state index contributed by atoms with van der Waals surface area (Å²) in [6.45, 7) is 2.41. The molecular formula is C12H16N4O3. The lowest BCUT2D eigenvalue weighted by molar-refractivity contribution is -0.134. The Morgan fingerprint density at radius 3 is 2.84 bits per heavy atom. The Morgan fingerprint density at radius 2 is 2.21 bits per heavy atom. The summed E-state index contributed by atoms with van der Waals surface area (Å²) in [5.41, 5.74) is 0. The van der Waals surface area contributed by atoms with Crippen LogP contribution in [0.3, 0.4) is 0 Å². The molecule has 1 aliphatic heterocycles. The Balaban J connectivity index is 1.75. The van der Waals surface area contributed by atoms with Crippen LogP contribution in [-0.2, 0) is 16.1 Å². The minimum absolute atomic E-state index is 0.0317. The number of hydrogen-bond acceptors (Lipinski definition) is 5. The molecule has 0 aromatic carbocycles. The van der Waals surface area contributed by atoms with Crippen molar-refractivity contribution in [1.82, 2.24) is 20.4 Å². The highest BCUT2D eigenvalue weighted by atomic mass is 16.5. The zero-order chi connectivity index (χ0) is 13.4. The van der Waals surface area contributed by atoms with E-state index in [1.165, 1.54) is 0 Å². The second kappa shape index (κ2) is 4.64. The molecule has 1 N–H and O–H groups in total. The molecule has 19 heavy (non-hydrogen) atoms. The molecule has 1 unspecified atom stereocenters. The van der Waals surface area contributed by atoms with Gasteiger partial charge in [0.25, 0.3) is 0 Å². The van der Waals surface area contributed by atoms with Gasteiger partial charge < -0.3 is 14.7 Å². The Bertz CT molecular complexity index is 509. The van der Waals surface area contributed by atoms with Crippen molar-refractivity contribution in [2.75, 3.05) is 6.54 Å². The molecule has 2 amide bonds. The average molecular weight is 264 g/mol. The van der Waals surface area contributed by atoms with Crippen molar-refractivity contribution < 1.29 is 14.1 Å². The molecule has 2 fully saturated rings. The van der Waals surface area contributed by atoms with E-state index in [0.717, 1.165) is 12.8 Å². The third-order valence-electron chi connectivity index (χ3n) is 3.50. The summed E-state index contributed by atoms with van der Waals surface area (Å²) in [5, 5.41) is 6.61. The molecule has 1 aromatic rings. The molecule has 7 nitrogen and oxygen atoms in total. The van der Waals surface area contributed by atoms with Crippen LogP contribution >= 0.6 is 0 Å². The van der Waals surface area contributed by atoms with Gasteiger partial charge in [-0.1, -0.05) is 5.16 Å². The minimum Gasteiger partial charge on any atom is -0.344 e. The number of carbonyl (C=O) groups is 2. The first-order valence-electron chi connectivity index (χ1n) is 6.51. The SMILES string of the molecule is Cc1nc(CN2CCC(=O)NC(C3CC3)C2=O)no1. The molecule has 2 heterocycles. The van der Waals surface area contributed by atoms with Crippen LogP contribution in [0, 0.1) is 12.8 Å². The van der Waals surface area contributed by atoms with Crippen molar-refractivity contribution in [3.8, 4) is 0 Å². The maximum absolute atomic E-state index is 12.4. The number of aromatic nitrogens is 2. The number of nitrogens with zero attached hydrogens (tertiary/aromatic N) is 3. The van der Waals surface area contributed by atoms with E-state index >= 15 is 0 Å². The van der Waals surface area contributed by atoms with Crippen LogP contribution in [0.5, 0.6) is 0 Å². The monoisotopic (exact) mass is 264 g/mol. The summed E-state index contributed by atoms with van der Waals surface area (Å²) < 4.78 is 4.90. The second-order valence-electron chi connectivity index (χ2n) is 5.12. The summed E-state index contributed by atoms with van der Waals surface area (Å²) >= 11 is 0. The fourth-order valence-corrected chi connectivity index (χ4v) is 2.33. The lowest BCUT2D eigenvalue weighted by Gasteiger charge is -2.22. The molecule has 0 bridgehead atoms. The molecule has 0 spiro atoms. The topological polar surface area (TPSA) is 88.3 Å². The number of hydrogen-bond donors (Lipinski definition) is 1. The number of amides is 2. The van der Waals surface area contributed by atoms with Crippen molar-refractivity contribution in [2.24, 2.45) is 5.92 Å². The van der Waals surface area contributed by atoms with E-state index in [9.17, 15) is 9.59 Å². The zero-order valence-electron chi connectivity index (χ0n) is 10.8. The Morgan fingerprint density at radius 1 is 1.42 bits per heavy atom. The van der Waals surface area contributed by atoms with Gasteiger partial charge in [-0.25, -0.2) is 0 Å². The molecule has 3 rings (SSSR count). The maximum Gasteiger partial charge on any atom is 0.245 e. The molecule has 7 heteroatoms. The number of rotatable bonds is 3. The van der Waals surface area contributed by atoms with E-state index in [0.29, 0.717) is 37.1 Å². The van der Waals surface area contributed by atoms with Gasteiger partial charge in [0.2, 0.25) is 17.7 Å². The van der Waals surface area contributed by atoms with Gasteiger partial charge in [0.1, 0.15) is 6.04 Å². The largest absolute Gasteiger partial charge is 0.344 e. The molecule has 1 aliphatic carbocycles. The summed E-state index contributed by atoms with van der Waals surface area (Å²) in [6, 6.07) is -0.372. The van der Waals surface area contributed by atoms with Gasteiger partial charge in [-0.15, -0.1) is 0 Å². The van der Waals surface area contributed by atoms with Crippen LogP contribution in [0.15, 0.2) is 4.52 Å². The molecule has 1 atom stereocenters. The van der Waals surface area contributed by atoms with E-state index in [2.05, 4.69) is 15.5 Å². The number of aryl methyl sites for hydroxylation is 1. The van der Waals surface area contributed by atoms with Crippen molar-refractivity contribution in [1.29, 1.82) is 0 Å². The average Bonchev–Trinajstić information content (AvgIpc) is 3.14. The Kier molecular flexibility index (Phi) is 2.96. The third-order valence-corrected chi connectivity index (χ3v) is 3.50. The summed E-state index contributed by atoms with van der Waals surface area (Å²) in [5.74, 6) is 1.16. The molecule has 1 saturated carbocycles. The van der Waals surface area contributed by atoms with Gasteiger partial charge in [-0.3, -0.25) is 9.59 Å². The first kappa shape index (κ1) is 12.1. The first-order valence-corrected chi connectivity index (χ1v) is 6.51. The van der Waals surface area contributed by atoms with Crippen LogP contribution in [0.4, 0.5) is 0 Å². The Labute approximate surface area is 110 Å². The van der Waals surface area contributed by atoms with E-state index < -0.39 is 0 Å². The molecule has 102 valence electrons. The van der Waals surface area contributed by atoms with Crippen molar-refractivity contribution in [3.63, 3.8) is 0 Å². The van der Waals surface area contributed by atoms with Crippen molar-refractivity contribution >= 4 is 11.8 Å². The van der Waals surface area contributed by atoms with Crippen molar-refractivity contribution in [3.05, 3.63) is 11.7 Å². The fraction of sp³-hybridized carbons (Fsp3) is 0.667. The standard InChI is InChI=1S/C12H16N4O3/c1-7-13-9(15-19-7)6-16-5-4-10(17)14-11(12(16)18)8-2-3-8/h8,11H,2-6H2,1H3,(H,14,17). The highest BCUT2D eigenvalue weighted by molar-refractivity contribution is 5.90.